The zero-order valence-corrected chi connectivity index (χ0v) is 16.1. The number of aromatic amines is 1. The Bertz CT molecular complexity index is 1160. The maximum absolute atomic E-state index is 12.1. The second kappa shape index (κ2) is 6.77. The van der Waals surface area contributed by atoms with Crippen LogP contribution in [0.2, 0.25) is 0 Å². The van der Waals surface area contributed by atoms with Crippen LogP contribution in [0, 0.1) is 0 Å². The molecule has 3 aromatic rings. The van der Waals surface area contributed by atoms with Gasteiger partial charge in [0.2, 0.25) is 0 Å². The Labute approximate surface area is 153 Å². The third-order valence-corrected chi connectivity index (χ3v) is 6.41. The Balaban J connectivity index is 1.83. The van der Waals surface area contributed by atoms with Crippen LogP contribution in [-0.4, -0.2) is 40.9 Å². The SMILES string of the molecule is CS(=O)(=O)c1ccc(NCCc2c[nH]c3ccccc23)c(S(C)(=O)=O)c1. The van der Waals surface area contributed by atoms with Gasteiger partial charge in [0.25, 0.3) is 0 Å². The maximum Gasteiger partial charge on any atom is 0.177 e. The molecule has 8 heteroatoms. The number of nitrogens with one attached hydrogen (secondary N) is 2. The summed E-state index contributed by atoms with van der Waals surface area (Å²) in [4.78, 5) is 3.18. The monoisotopic (exact) mass is 392 g/mol. The minimum absolute atomic E-state index is 0.0138. The van der Waals surface area contributed by atoms with Crippen LogP contribution in [0.25, 0.3) is 10.9 Å². The second-order valence-corrected chi connectivity index (χ2v) is 10.2. The van der Waals surface area contributed by atoms with E-state index in [0.717, 1.165) is 29.0 Å². The number of para-hydroxylation sites is 1. The fourth-order valence-corrected chi connectivity index (χ4v) is 4.46. The third kappa shape index (κ3) is 3.91. The highest BCUT2D eigenvalue weighted by molar-refractivity contribution is 7.91. The van der Waals surface area contributed by atoms with Crippen LogP contribution in [0.1, 0.15) is 5.56 Å². The predicted molar refractivity (Wildman–Crippen MR) is 103 cm³/mol. The maximum atomic E-state index is 12.1. The Hall–Kier alpha value is -2.32. The van der Waals surface area contributed by atoms with Gasteiger partial charge < -0.3 is 10.3 Å². The van der Waals surface area contributed by atoms with Crippen molar-refractivity contribution in [2.75, 3.05) is 24.4 Å². The first-order valence-electron chi connectivity index (χ1n) is 7.99. The molecule has 0 bridgehead atoms. The molecule has 0 aliphatic rings. The number of aromatic nitrogens is 1. The lowest BCUT2D eigenvalue weighted by molar-refractivity contribution is 0.600. The number of sulfone groups is 2. The summed E-state index contributed by atoms with van der Waals surface area (Å²) in [5.41, 5.74) is 2.58. The number of anilines is 1. The zero-order chi connectivity index (χ0) is 18.9. The molecule has 0 aliphatic carbocycles. The molecule has 1 heterocycles. The van der Waals surface area contributed by atoms with Gasteiger partial charge in [0.15, 0.2) is 19.7 Å². The van der Waals surface area contributed by atoms with Crippen molar-refractivity contribution in [2.24, 2.45) is 0 Å². The van der Waals surface area contributed by atoms with E-state index in [4.69, 9.17) is 0 Å². The topological polar surface area (TPSA) is 96.1 Å². The fraction of sp³-hybridized carbons (Fsp3) is 0.222. The molecule has 0 saturated heterocycles. The van der Waals surface area contributed by atoms with Crippen molar-refractivity contribution in [3.63, 3.8) is 0 Å². The fourth-order valence-electron chi connectivity index (χ4n) is 2.86. The summed E-state index contributed by atoms with van der Waals surface area (Å²) in [5.74, 6) is 0. The van der Waals surface area contributed by atoms with Gasteiger partial charge in [-0.15, -0.1) is 0 Å². The Morgan fingerprint density at radius 2 is 1.69 bits per heavy atom. The van der Waals surface area contributed by atoms with Crippen LogP contribution in [0.15, 0.2) is 58.5 Å². The van der Waals surface area contributed by atoms with Crippen LogP contribution in [0.3, 0.4) is 0 Å². The van der Waals surface area contributed by atoms with Gasteiger partial charge in [-0.3, -0.25) is 0 Å². The van der Waals surface area contributed by atoms with Gasteiger partial charge in [0, 0.05) is 36.2 Å². The molecule has 0 aliphatic heterocycles. The van der Waals surface area contributed by atoms with E-state index in [1.807, 2.05) is 30.5 Å². The molecule has 2 aromatic carbocycles. The largest absolute Gasteiger partial charge is 0.384 e. The lowest BCUT2D eigenvalue weighted by Gasteiger charge is -2.12. The Kier molecular flexibility index (Phi) is 4.81. The molecule has 26 heavy (non-hydrogen) atoms. The number of benzene rings is 2. The molecular weight excluding hydrogens is 372 g/mol. The van der Waals surface area contributed by atoms with E-state index < -0.39 is 19.7 Å². The minimum atomic E-state index is -3.57. The number of rotatable bonds is 6. The molecule has 3 rings (SSSR count). The average Bonchev–Trinajstić information content (AvgIpc) is 2.96. The molecule has 0 amide bonds. The first kappa shape index (κ1) is 18.5. The van der Waals surface area contributed by atoms with Gasteiger partial charge in [0.1, 0.15) is 0 Å². The van der Waals surface area contributed by atoms with Gasteiger partial charge >= 0.3 is 0 Å². The smallest absolute Gasteiger partial charge is 0.177 e. The number of fused-ring (bicyclic) bond motifs is 1. The second-order valence-electron chi connectivity index (χ2n) is 6.24. The number of hydrogen-bond acceptors (Lipinski definition) is 5. The minimum Gasteiger partial charge on any atom is -0.384 e. The van der Waals surface area contributed by atoms with E-state index in [-0.39, 0.29) is 9.79 Å². The standard InChI is InChI=1S/C18H20N2O4S2/c1-25(21,22)14-7-8-17(18(11-14)26(2,23)24)19-10-9-13-12-20-16-6-4-3-5-15(13)16/h3-8,11-12,19-20H,9-10H2,1-2H3. The van der Waals surface area contributed by atoms with Crippen molar-refractivity contribution in [2.45, 2.75) is 16.2 Å². The van der Waals surface area contributed by atoms with E-state index in [2.05, 4.69) is 10.3 Å². The van der Waals surface area contributed by atoms with Crippen molar-refractivity contribution >= 4 is 36.3 Å². The molecule has 1 aromatic heterocycles. The normalized spacial score (nSPS) is 12.4. The molecule has 138 valence electrons. The molecule has 0 atom stereocenters. The van der Waals surface area contributed by atoms with Crippen LogP contribution in [0.4, 0.5) is 5.69 Å². The van der Waals surface area contributed by atoms with Crippen molar-refractivity contribution in [3.05, 3.63) is 54.2 Å². The van der Waals surface area contributed by atoms with Crippen LogP contribution < -0.4 is 5.32 Å². The summed E-state index contributed by atoms with van der Waals surface area (Å²) < 4.78 is 47.5. The molecule has 0 saturated carbocycles. The Morgan fingerprint density at radius 1 is 0.962 bits per heavy atom. The third-order valence-electron chi connectivity index (χ3n) is 4.17. The van der Waals surface area contributed by atoms with Crippen molar-refractivity contribution in [1.82, 2.24) is 4.98 Å². The number of hydrogen-bond donors (Lipinski definition) is 2. The molecule has 0 unspecified atom stereocenters. The summed E-state index contributed by atoms with van der Waals surface area (Å²) in [6.07, 6.45) is 4.76. The highest BCUT2D eigenvalue weighted by atomic mass is 32.2. The average molecular weight is 393 g/mol. The molecular formula is C18H20N2O4S2. The molecule has 6 nitrogen and oxygen atoms in total. The van der Waals surface area contributed by atoms with E-state index in [1.165, 1.54) is 18.2 Å². The van der Waals surface area contributed by atoms with Gasteiger partial charge in [0.05, 0.1) is 15.5 Å². The van der Waals surface area contributed by atoms with Crippen molar-refractivity contribution < 1.29 is 16.8 Å². The van der Waals surface area contributed by atoms with Gasteiger partial charge in [-0.1, -0.05) is 18.2 Å². The highest BCUT2D eigenvalue weighted by Crippen LogP contribution is 2.25. The lowest BCUT2D eigenvalue weighted by Crippen LogP contribution is -2.10. The first-order valence-corrected chi connectivity index (χ1v) is 11.8. The van der Waals surface area contributed by atoms with Crippen molar-refractivity contribution in [1.29, 1.82) is 0 Å². The Morgan fingerprint density at radius 3 is 2.38 bits per heavy atom. The number of H-pyrrole nitrogens is 1. The van der Waals surface area contributed by atoms with Crippen molar-refractivity contribution in [3.8, 4) is 0 Å². The van der Waals surface area contributed by atoms with Crippen LogP contribution in [-0.2, 0) is 26.1 Å². The first-order chi connectivity index (χ1) is 12.2. The lowest BCUT2D eigenvalue weighted by atomic mass is 10.1. The van der Waals surface area contributed by atoms with E-state index in [0.29, 0.717) is 18.7 Å². The van der Waals surface area contributed by atoms with Crippen LogP contribution >= 0.6 is 0 Å². The van der Waals surface area contributed by atoms with Gasteiger partial charge in [-0.25, -0.2) is 16.8 Å². The van der Waals surface area contributed by atoms with Crippen LogP contribution in [0.5, 0.6) is 0 Å². The van der Waals surface area contributed by atoms with E-state index in [1.54, 1.807) is 0 Å². The van der Waals surface area contributed by atoms with Gasteiger partial charge in [-0.2, -0.15) is 0 Å². The summed E-state index contributed by atoms with van der Waals surface area (Å²) in [7, 11) is -7.05. The summed E-state index contributed by atoms with van der Waals surface area (Å²) in [6.45, 7) is 0.516. The van der Waals surface area contributed by atoms with Gasteiger partial charge in [-0.05, 0) is 36.2 Å². The predicted octanol–water partition coefficient (Wildman–Crippen LogP) is 2.63. The van der Waals surface area contributed by atoms with E-state index in [9.17, 15) is 16.8 Å². The molecule has 0 fully saturated rings. The van der Waals surface area contributed by atoms with E-state index >= 15 is 0 Å². The molecule has 0 spiro atoms. The summed E-state index contributed by atoms with van der Waals surface area (Å²) in [6, 6.07) is 12.1. The summed E-state index contributed by atoms with van der Waals surface area (Å²) in [5, 5.41) is 4.24. The molecule has 0 radical (unpaired) electrons. The quantitative estimate of drug-likeness (QED) is 0.672. The molecule has 2 N–H and O–H groups in total. The summed E-state index contributed by atoms with van der Waals surface area (Å²) >= 11 is 0. The highest BCUT2D eigenvalue weighted by Gasteiger charge is 2.17. The zero-order valence-electron chi connectivity index (χ0n) is 14.5.